The molecule has 6 nitrogen and oxygen atoms in total. The van der Waals surface area contributed by atoms with E-state index in [9.17, 15) is 4.79 Å². The van der Waals surface area contributed by atoms with Crippen molar-refractivity contribution in [3.05, 3.63) is 12.4 Å². The van der Waals surface area contributed by atoms with Crippen molar-refractivity contribution in [2.75, 3.05) is 32.1 Å². The highest BCUT2D eigenvalue weighted by atomic mass is 16.5. The molecule has 0 bridgehead atoms. The monoisotopic (exact) mass is 318 g/mol. The summed E-state index contributed by atoms with van der Waals surface area (Å²) >= 11 is 0. The van der Waals surface area contributed by atoms with Crippen LogP contribution in [0, 0.1) is 5.92 Å². The molecule has 2 aliphatic rings. The van der Waals surface area contributed by atoms with Gasteiger partial charge in [0, 0.05) is 45.9 Å². The first-order chi connectivity index (χ1) is 11.1. The fourth-order valence-corrected chi connectivity index (χ4v) is 3.51. The van der Waals surface area contributed by atoms with Crippen LogP contribution in [0.5, 0.6) is 5.88 Å². The summed E-state index contributed by atoms with van der Waals surface area (Å²) in [6.45, 7) is 1.45. The van der Waals surface area contributed by atoms with Crippen molar-refractivity contribution in [2.24, 2.45) is 5.92 Å². The zero-order chi connectivity index (χ0) is 16.2. The minimum absolute atomic E-state index is 0.0120. The third-order valence-corrected chi connectivity index (χ3v) is 4.78. The molecule has 1 unspecified atom stereocenters. The maximum Gasteiger partial charge on any atom is 0.257 e. The lowest BCUT2D eigenvalue weighted by molar-refractivity contribution is -0.131. The lowest BCUT2D eigenvalue weighted by atomic mass is 10.0. The number of carbonyl (C=O) groups is 1. The highest BCUT2D eigenvalue weighted by Gasteiger charge is 2.30. The zero-order valence-corrected chi connectivity index (χ0v) is 14.1. The van der Waals surface area contributed by atoms with E-state index in [-0.39, 0.29) is 12.0 Å². The van der Waals surface area contributed by atoms with E-state index < -0.39 is 0 Å². The minimum Gasteiger partial charge on any atom is -0.470 e. The van der Waals surface area contributed by atoms with Crippen molar-refractivity contribution in [1.82, 2.24) is 14.9 Å². The van der Waals surface area contributed by atoms with Crippen molar-refractivity contribution in [1.29, 1.82) is 0 Å². The Morgan fingerprint density at radius 2 is 2.00 bits per heavy atom. The predicted octanol–water partition coefficient (Wildman–Crippen LogP) is 2.10. The van der Waals surface area contributed by atoms with Crippen molar-refractivity contribution >= 4 is 11.7 Å². The normalized spacial score (nSPS) is 21.7. The summed E-state index contributed by atoms with van der Waals surface area (Å²) in [6, 6.07) is 0. The van der Waals surface area contributed by atoms with Crippen LogP contribution >= 0.6 is 0 Å². The van der Waals surface area contributed by atoms with E-state index in [1.54, 1.807) is 12.4 Å². The van der Waals surface area contributed by atoms with Gasteiger partial charge in [-0.05, 0) is 18.8 Å². The van der Waals surface area contributed by atoms with Gasteiger partial charge in [0.25, 0.3) is 5.88 Å². The van der Waals surface area contributed by atoms with Gasteiger partial charge in [-0.2, -0.15) is 0 Å². The van der Waals surface area contributed by atoms with Crippen LogP contribution in [0.2, 0.25) is 0 Å². The Kier molecular flexibility index (Phi) is 4.98. The van der Waals surface area contributed by atoms with Crippen molar-refractivity contribution in [3.63, 3.8) is 0 Å². The molecule has 1 aliphatic carbocycles. The SMILES string of the molecule is CN(C)c1nccnc1OC1CCN(C(=O)CC2CCCC2)C1. The van der Waals surface area contributed by atoms with Crippen LogP contribution in [0.1, 0.15) is 38.5 Å². The molecule has 3 rings (SSSR count). The van der Waals surface area contributed by atoms with Gasteiger partial charge in [-0.1, -0.05) is 12.8 Å². The first-order valence-corrected chi connectivity index (χ1v) is 8.56. The molecule has 1 saturated heterocycles. The molecule has 1 aromatic heterocycles. The maximum absolute atomic E-state index is 12.4. The van der Waals surface area contributed by atoms with E-state index in [0.29, 0.717) is 24.8 Å². The molecular weight excluding hydrogens is 292 g/mol. The number of ether oxygens (including phenoxy) is 1. The Morgan fingerprint density at radius 1 is 1.26 bits per heavy atom. The van der Waals surface area contributed by atoms with Gasteiger partial charge in [-0.25, -0.2) is 9.97 Å². The summed E-state index contributed by atoms with van der Waals surface area (Å²) in [4.78, 5) is 24.8. The summed E-state index contributed by atoms with van der Waals surface area (Å²) in [6.07, 6.45) is 9.87. The molecule has 1 saturated carbocycles. The maximum atomic E-state index is 12.4. The third kappa shape index (κ3) is 3.92. The average Bonchev–Trinajstić information content (AvgIpc) is 3.19. The van der Waals surface area contributed by atoms with Gasteiger partial charge < -0.3 is 14.5 Å². The van der Waals surface area contributed by atoms with Gasteiger partial charge in [-0.3, -0.25) is 4.79 Å². The van der Waals surface area contributed by atoms with E-state index in [1.807, 2.05) is 23.9 Å². The molecule has 1 atom stereocenters. The molecule has 23 heavy (non-hydrogen) atoms. The summed E-state index contributed by atoms with van der Waals surface area (Å²) in [7, 11) is 3.84. The van der Waals surface area contributed by atoms with Gasteiger partial charge in [0.05, 0.1) is 6.54 Å². The van der Waals surface area contributed by atoms with Crippen LogP contribution < -0.4 is 9.64 Å². The van der Waals surface area contributed by atoms with Crippen molar-refractivity contribution in [3.8, 4) is 5.88 Å². The van der Waals surface area contributed by atoms with Crippen molar-refractivity contribution in [2.45, 2.75) is 44.6 Å². The highest BCUT2D eigenvalue weighted by molar-refractivity contribution is 5.76. The molecular formula is C17H26N4O2. The first-order valence-electron chi connectivity index (χ1n) is 8.56. The van der Waals surface area contributed by atoms with Gasteiger partial charge >= 0.3 is 0 Å². The van der Waals surface area contributed by atoms with Crippen LogP contribution in [0.3, 0.4) is 0 Å². The van der Waals surface area contributed by atoms with Crippen LogP contribution in [0.15, 0.2) is 12.4 Å². The van der Waals surface area contributed by atoms with Gasteiger partial charge in [0.2, 0.25) is 5.91 Å². The number of anilines is 1. The van der Waals surface area contributed by atoms with Gasteiger partial charge in [-0.15, -0.1) is 0 Å². The highest BCUT2D eigenvalue weighted by Crippen LogP contribution is 2.29. The number of carbonyl (C=O) groups excluding carboxylic acids is 1. The summed E-state index contributed by atoms with van der Waals surface area (Å²) in [5, 5.41) is 0. The van der Waals surface area contributed by atoms with E-state index >= 15 is 0 Å². The summed E-state index contributed by atoms with van der Waals surface area (Å²) in [5.74, 6) is 2.16. The van der Waals surface area contributed by atoms with Gasteiger partial charge in [0.15, 0.2) is 5.82 Å². The average molecular weight is 318 g/mol. The van der Waals surface area contributed by atoms with Crippen LogP contribution in [0.25, 0.3) is 0 Å². The Bertz CT molecular complexity index is 543. The largest absolute Gasteiger partial charge is 0.470 e. The van der Waals surface area contributed by atoms with Crippen LogP contribution in [-0.2, 0) is 4.79 Å². The summed E-state index contributed by atoms with van der Waals surface area (Å²) < 4.78 is 6.01. The standard InChI is InChI=1S/C17H26N4O2/c1-20(2)16-17(19-9-8-18-16)23-14-7-10-21(12-14)15(22)11-13-5-3-4-6-13/h8-9,13-14H,3-7,10-12H2,1-2H3. The smallest absolute Gasteiger partial charge is 0.257 e. The number of amides is 1. The third-order valence-electron chi connectivity index (χ3n) is 4.78. The fourth-order valence-electron chi connectivity index (χ4n) is 3.51. The van der Waals surface area contributed by atoms with E-state index in [0.717, 1.165) is 18.8 Å². The molecule has 2 heterocycles. The number of nitrogens with zero attached hydrogens (tertiary/aromatic N) is 4. The second kappa shape index (κ2) is 7.15. The second-order valence-corrected chi connectivity index (χ2v) is 6.80. The Hall–Kier alpha value is -1.85. The molecule has 6 heteroatoms. The van der Waals surface area contributed by atoms with E-state index in [2.05, 4.69) is 9.97 Å². The van der Waals surface area contributed by atoms with Crippen LogP contribution in [-0.4, -0.2) is 54.1 Å². The van der Waals surface area contributed by atoms with E-state index in [1.165, 1.54) is 25.7 Å². The molecule has 0 spiro atoms. The molecule has 0 N–H and O–H groups in total. The number of aromatic nitrogens is 2. The fraction of sp³-hybridized carbons (Fsp3) is 0.706. The lowest BCUT2D eigenvalue weighted by Gasteiger charge is -2.20. The Labute approximate surface area is 137 Å². The summed E-state index contributed by atoms with van der Waals surface area (Å²) in [5.41, 5.74) is 0. The molecule has 1 aliphatic heterocycles. The number of hydrogen-bond donors (Lipinski definition) is 0. The quantitative estimate of drug-likeness (QED) is 0.832. The molecule has 0 radical (unpaired) electrons. The van der Waals surface area contributed by atoms with E-state index in [4.69, 9.17) is 4.74 Å². The lowest BCUT2D eigenvalue weighted by Crippen LogP contribution is -2.32. The minimum atomic E-state index is 0.0120. The van der Waals surface area contributed by atoms with Gasteiger partial charge in [0.1, 0.15) is 6.10 Å². The number of hydrogen-bond acceptors (Lipinski definition) is 5. The molecule has 126 valence electrons. The van der Waals surface area contributed by atoms with Crippen molar-refractivity contribution < 1.29 is 9.53 Å². The zero-order valence-electron chi connectivity index (χ0n) is 14.1. The molecule has 1 aromatic rings. The predicted molar refractivity (Wildman–Crippen MR) is 88.5 cm³/mol. The molecule has 2 fully saturated rings. The number of rotatable bonds is 5. The molecule has 0 aromatic carbocycles. The Morgan fingerprint density at radius 3 is 2.74 bits per heavy atom. The first kappa shape index (κ1) is 16.0. The second-order valence-electron chi connectivity index (χ2n) is 6.80. The topological polar surface area (TPSA) is 58.6 Å². The van der Waals surface area contributed by atoms with Crippen LogP contribution in [0.4, 0.5) is 5.82 Å². The molecule has 1 amide bonds. The Balaban J connectivity index is 1.54. The number of likely N-dealkylation sites (tertiary alicyclic amines) is 1.